The van der Waals surface area contributed by atoms with Crippen LogP contribution in [-0.4, -0.2) is 4.99 Å². The van der Waals surface area contributed by atoms with Crippen LogP contribution in [0.5, 0.6) is 11.5 Å². The Morgan fingerprint density at radius 1 is 1.11 bits per heavy atom. The van der Waals surface area contributed by atoms with Crippen LogP contribution in [0.1, 0.15) is 5.56 Å². The van der Waals surface area contributed by atoms with E-state index in [1.165, 1.54) is 0 Å². The Morgan fingerprint density at radius 2 is 1.79 bits per heavy atom. The van der Waals surface area contributed by atoms with E-state index in [0.29, 0.717) is 22.1 Å². The first kappa shape index (κ1) is 14.8. The molecule has 0 spiro atoms. The predicted octanol–water partition coefficient (Wildman–Crippen LogP) is 5.29. The first-order chi connectivity index (χ1) is 8.97. The highest BCUT2D eigenvalue weighted by Crippen LogP contribution is 2.34. The topological polar surface area (TPSA) is 35.2 Å². The largest absolute Gasteiger partial charge is 0.455 e. The summed E-state index contributed by atoms with van der Waals surface area (Å²) in [5.41, 5.74) is 6.28. The summed E-state index contributed by atoms with van der Waals surface area (Å²) < 4.78 is 7.60. The molecule has 2 nitrogen and oxygen atoms in total. The minimum atomic E-state index is 0.241. The normalized spacial score (nSPS) is 10.3. The molecule has 0 aliphatic rings. The number of ether oxygens (including phenoxy) is 1. The number of thiocarbonyl (C=S) groups is 1. The summed E-state index contributed by atoms with van der Waals surface area (Å²) in [6, 6.07) is 10.8. The molecule has 0 aromatic heterocycles. The van der Waals surface area contributed by atoms with Crippen LogP contribution in [0.15, 0.2) is 45.3 Å². The first-order valence-corrected chi connectivity index (χ1v) is 7.57. The van der Waals surface area contributed by atoms with Gasteiger partial charge in [-0.05, 0) is 52.3 Å². The summed E-state index contributed by atoms with van der Waals surface area (Å²) in [5, 5.41) is 0.560. The lowest BCUT2D eigenvalue weighted by Gasteiger charge is -2.12. The maximum atomic E-state index is 5.93. The first-order valence-electron chi connectivity index (χ1n) is 5.19. The third-order valence-corrected chi connectivity index (χ3v) is 3.89. The summed E-state index contributed by atoms with van der Waals surface area (Å²) in [6.45, 7) is 0. The number of benzene rings is 2. The zero-order valence-corrected chi connectivity index (χ0v) is 14.2. The van der Waals surface area contributed by atoms with Crippen molar-refractivity contribution in [1.82, 2.24) is 0 Å². The van der Waals surface area contributed by atoms with Crippen molar-refractivity contribution in [3.8, 4) is 11.5 Å². The van der Waals surface area contributed by atoms with Gasteiger partial charge in [0.1, 0.15) is 16.5 Å². The fourth-order valence-electron chi connectivity index (χ4n) is 1.46. The van der Waals surface area contributed by atoms with Gasteiger partial charge in [0.2, 0.25) is 0 Å². The van der Waals surface area contributed by atoms with E-state index < -0.39 is 0 Å². The Morgan fingerprint density at radius 3 is 2.42 bits per heavy atom. The van der Waals surface area contributed by atoms with Crippen molar-refractivity contribution < 1.29 is 4.74 Å². The SMILES string of the molecule is NC(=S)c1cc(Cl)ccc1Oc1ccc(Br)cc1Br. The van der Waals surface area contributed by atoms with Crippen LogP contribution in [0, 0.1) is 0 Å². The van der Waals surface area contributed by atoms with Crippen LogP contribution < -0.4 is 10.5 Å². The van der Waals surface area contributed by atoms with Gasteiger partial charge in [0.15, 0.2) is 0 Å². The van der Waals surface area contributed by atoms with Gasteiger partial charge in [0, 0.05) is 9.50 Å². The quantitative estimate of drug-likeness (QED) is 0.684. The van der Waals surface area contributed by atoms with Crippen molar-refractivity contribution in [1.29, 1.82) is 0 Å². The zero-order valence-electron chi connectivity index (χ0n) is 9.49. The molecule has 0 fully saturated rings. The van der Waals surface area contributed by atoms with Crippen LogP contribution in [-0.2, 0) is 0 Å². The standard InChI is InChI=1S/C13H8Br2ClNOS/c14-7-1-3-12(10(15)5-7)18-11-4-2-8(16)6-9(11)13(17)19/h1-6H,(H2,17,19). The van der Waals surface area contributed by atoms with Gasteiger partial charge in [-0.1, -0.05) is 39.7 Å². The molecule has 2 N–H and O–H groups in total. The van der Waals surface area contributed by atoms with Crippen molar-refractivity contribution in [2.24, 2.45) is 5.73 Å². The van der Waals surface area contributed by atoms with Gasteiger partial charge >= 0.3 is 0 Å². The molecular formula is C13H8Br2ClNOS. The lowest BCUT2D eigenvalue weighted by Crippen LogP contribution is -2.10. The highest BCUT2D eigenvalue weighted by molar-refractivity contribution is 9.11. The van der Waals surface area contributed by atoms with E-state index in [2.05, 4.69) is 31.9 Å². The summed E-state index contributed by atoms with van der Waals surface area (Å²) in [4.78, 5) is 0.241. The zero-order chi connectivity index (χ0) is 14.0. The van der Waals surface area contributed by atoms with E-state index in [-0.39, 0.29) is 4.99 Å². The average molecular weight is 422 g/mol. The molecule has 6 heteroatoms. The number of rotatable bonds is 3. The molecule has 0 aliphatic heterocycles. The Bertz CT molecular complexity index is 649. The molecule has 0 aliphatic carbocycles. The third-order valence-electron chi connectivity index (χ3n) is 2.32. The molecule has 0 amide bonds. The lowest BCUT2D eigenvalue weighted by atomic mass is 10.2. The smallest absolute Gasteiger partial charge is 0.141 e. The van der Waals surface area contributed by atoms with E-state index in [0.717, 1.165) is 8.95 Å². The lowest BCUT2D eigenvalue weighted by molar-refractivity contribution is 0.478. The molecule has 0 radical (unpaired) electrons. The third kappa shape index (κ3) is 3.69. The summed E-state index contributed by atoms with van der Waals surface area (Å²) in [5.74, 6) is 1.24. The summed E-state index contributed by atoms with van der Waals surface area (Å²) >= 11 is 17.7. The van der Waals surface area contributed by atoms with Crippen molar-refractivity contribution >= 4 is 60.7 Å². The second-order valence-corrected chi connectivity index (χ2v) is 6.33. The highest BCUT2D eigenvalue weighted by atomic mass is 79.9. The van der Waals surface area contributed by atoms with Gasteiger partial charge in [-0.2, -0.15) is 0 Å². The minimum absolute atomic E-state index is 0.241. The second kappa shape index (κ2) is 6.22. The van der Waals surface area contributed by atoms with Crippen LogP contribution in [0.25, 0.3) is 0 Å². The van der Waals surface area contributed by atoms with Gasteiger partial charge in [-0.3, -0.25) is 0 Å². The van der Waals surface area contributed by atoms with Gasteiger partial charge in [0.25, 0.3) is 0 Å². The number of halogens is 3. The molecule has 19 heavy (non-hydrogen) atoms. The predicted molar refractivity (Wildman–Crippen MR) is 89.3 cm³/mol. The Hall–Kier alpha value is -0.620. The molecule has 0 saturated carbocycles. The molecule has 2 rings (SSSR count). The Balaban J connectivity index is 2.40. The van der Waals surface area contributed by atoms with Gasteiger partial charge < -0.3 is 10.5 Å². The molecule has 0 atom stereocenters. The monoisotopic (exact) mass is 419 g/mol. The maximum absolute atomic E-state index is 5.93. The molecular weight excluding hydrogens is 413 g/mol. The molecule has 2 aromatic carbocycles. The van der Waals surface area contributed by atoms with Crippen molar-refractivity contribution in [2.75, 3.05) is 0 Å². The van der Waals surface area contributed by atoms with E-state index in [9.17, 15) is 0 Å². The summed E-state index contributed by atoms with van der Waals surface area (Å²) in [7, 11) is 0. The van der Waals surface area contributed by atoms with Crippen LogP contribution >= 0.6 is 55.7 Å². The molecule has 0 heterocycles. The Labute approximate surface area is 138 Å². The Kier molecular flexibility index (Phi) is 4.84. The second-order valence-electron chi connectivity index (χ2n) is 3.68. The fourth-order valence-corrected chi connectivity index (χ4v) is 2.92. The van der Waals surface area contributed by atoms with E-state index in [1.54, 1.807) is 18.2 Å². The maximum Gasteiger partial charge on any atom is 0.141 e. The minimum Gasteiger partial charge on any atom is -0.455 e. The van der Waals surface area contributed by atoms with Crippen molar-refractivity contribution in [2.45, 2.75) is 0 Å². The van der Waals surface area contributed by atoms with Gasteiger partial charge in [0.05, 0.1) is 10.0 Å². The molecule has 98 valence electrons. The van der Waals surface area contributed by atoms with E-state index in [1.807, 2.05) is 18.2 Å². The highest BCUT2D eigenvalue weighted by Gasteiger charge is 2.10. The molecule has 0 saturated heterocycles. The fraction of sp³-hybridized carbons (Fsp3) is 0. The number of nitrogens with two attached hydrogens (primary N) is 1. The van der Waals surface area contributed by atoms with Crippen molar-refractivity contribution in [3.63, 3.8) is 0 Å². The van der Waals surface area contributed by atoms with Crippen LogP contribution in [0.3, 0.4) is 0 Å². The molecule has 0 unspecified atom stereocenters. The molecule has 0 bridgehead atoms. The van der Waals surface area contributed by atoms with E-state index in [4.69, 9.17) is 34.3 Å². The average Bonchev–Trinajstić information content (AvgIpc) is 2.34. The van der Waals surface area contributed by atoms with Gasteiger partial charge in [-0.25, -0.2) is 0 Å². The van der Waals surface area contributed by atoms with Gasteiger partial charge in [-0.15, -0.1) is 0 Å². The molecule has 2 aromatic rings. The van der Waals surface area contributed by atoms with Crippen LogP contribution in [0.4, 0.5) is 0 Å². The number of hydrogen-bond donors (Lipinski definition) is 1. The van der Waals surface area contributed by atoms with E-state index >= 15 is 0 Å². The van der Waals surface area contributed by atoms with Crippen LogP contribution in [0.2, 0.25) is 5.02 Å². The summed E-state index contributed by atoms with van der Waals surface area (Å²) in [6.07, 6.45) is 0. The van der Waals surface area contributed by atoms with Crippen molar-refractivity contribution in [3.05, 3.63) is 55.9 Å². The number of hydrogen-bond acceptors (Lipinski definition) is 2.